The second-order valence-electron chi connectivity index (χ2n) is 5.98. The van der Waals surface area contributed by atoms with Crippen LogP contribution in [-0.4, -0.2) is 24.6 Å². The molecule has 2 heterocycles. The summed E-state index contributed by atoms with van der Waals surface area (Å²) in [7, 11) is 0. The lowest BCUT2D eigenvalue weighted by Gasteiger charge is -2.34. The minimum absolute atomic E-state index is 0.341. The summed E-state index contributed by atoms with van der Waals surface area (Å²) in [5.74, 6) is 0.855. The lowest BCUT2D eigenvalue weighted by atomic mass is 9.95. The van der Waals surface area contributed by atoms with Crippen LogP contribution in [0.25, 0.3) is 0 Å². The first-order valence-corrected chi connectivity index (χ1v) is 8.18. The van der Waals surface area contributed by atoms with Crippen molar-refractivity contribution in [2.75, 3.05) is 24.5 Å². The number of piperidine rings is 1. The molecule has 0 aliphatic carbocycles. The Morgan fingerprint density at radius 2 is 2.25 bits per heavy atom. The van der Waals surface area contributed by atoms with Crippen molar-refractivity contribution in [3.05, 3.63) is 24.0 Å². The number of nitrogens with zero attached hydrogens (tertiary/aromatic N) is 2. The zero-order chi connectivity index (χ0) is 14.4. The maximum atomic E-state index is 4.65. The summed E-state index contributed by atoms with van der Waals surface area (Å²) in [5, 5.41) is 3.49. The number of rotatable bonds is 6. The highest BCUT2D eigenvalue weighted by Gasteiger charge is 2.19. The monoisotopic (exact) mass is 275 g/mol. The lowest BCUT2D eigenvalue weighted by molar-refractivity contribution is 0.404. The van der Waals surface area contributed by atoms with Crippen LogP contribution < -0.4 is 10.2 Å². The second-order valence-corrected chi connectivity index (χ2v) is 5.98. The van der Waals surface area contributed by atoms with E-state index < -0.39 is 0 Å². The zero-order valence-electron chi connectivity index (χ0n) is 13.2. The van der Waals surface area contributed by atoms with Crippen LogP contribution in [0.4, 0.5) is 5.69 Å². The number of hydrogen-bond donors (Lipinski definition) is 1. The quantitative estimate of drug-likeness (QED) is 0.856. The molecule has 2 atom stereocenters. The molecule has 0 amide bonds. The highest BCUT2D eigenvalue weighted by molar-refractivity contribution is 5.45. The minimum atomic E-state index is 0.341. The summed E-state index contributed by atoms with van der Waals surface area (Å²) in [4.78, 5) is 7.15. The molecule has 0 spiro atoms. The zero-order valence-corrected chi connectivity index (χ0v) is 13.2. The number of anilines is 1. The van der Waals surface area contributed by atoms with Crippen LogP contribution in [0.15, 0.2) is 18.3 Å². The predicted molar refractivity (Wildman–Crippen MR) is 86.2 cm³/mol. The first kappa shape index (κ1) is 15.3. The van der Waals surface area contributed by atoms with E-state index in [-0.39, 0.29) is 0 Å². The highest BCUT2D eigenvalue weighted by atomic mass is 15.1. The fraction of sp³-hybridized carbons (Fsp3) is 0.706. The van der Waals surface area contributed by atoms with E-state index in [2.05, 4.69) is 54.3 Å². The molecule has 1 aliphatic rings. The van der Waals surface area contributed by atoms with Crippen LogP contribution in [0.3, 0.4) is 0 Å². The third kappa shape index (κ3) is 3.95. The summed E-state index contributed by atoms with van der Waals surface area (Å²) in [6.45, 7) is 10.1. The van der Waals surface area contributed by atoms with Gasteiger partial charge in [0.2, 0.25) is 0 Å². The third-order valence-corrected chi connectivity index (χ3v) is 4.38. The molecule has 0 aromatic carbocycles. The summed E-state index contributed by atoms with van der Waals surface area (Å²) in [6, 6.07) is 4.76. The number of pyridine rings is 1. The summed E-state index contributed by atoms with van der Waals surface area (Å²) in [5.41, 5.74) is 2.43. The fourth-order valence-electron chi connectivity index (χ4n) is 2.94. The van der Waals surface area contributed by atoms with Crippen LogP contribution in [0, 0.1) is 5.92 Å². The van der Waals surface area contributed by atoms with E-state index >= 15 is 0 Å². The van der Waals surface area contributed by atoms with Crippen molar-refractivity contribution in [2.24, 2.45) is 5.92 Å². The standard InChI is InChI=1S/C17H29N3/c1-4-10-18-14(3)17-9-8-16(12-19-17)20-11-6-7-15(5-2)13-20/h8-9,12,14-15,18H,4-7,10-11,13H2,1-3H3. The molecule has 1 aromatic heterocycles. The molecule has 1 fully saturated rings. The predicted octanol–water partition coefficient (Wildman–Crippen LogP) is 3.77. The maximum absolute atomic E-state index is 4.65. The lowest BCUT2D eigenvalue weighted by Crippen LogP contribution is -2.35. The molecular weight excluding hydrogens is 246 g/mol. The van der Waals surface area contributed by atoms with Gasteiger partial charge in [0.1, 0.15) is 0 Å². The normalized spacial score (nSPS) is 20.9. The number of nitrogens with one attached hydrogen (secondary N) is 1. The molecule has 0 radical (unpaired) electrons. The molecule has 1 N–H and O–H groups in total. The van der Waals surface area contributed by atoms with E-state index in [1.165, 1.54) is 38.0 Å². The highest BCUT2D eigenvalue weighted by Crippen LogP contribution is 2.25. The SMILES string of the molecule is CCCNC(C)c1ccc(N2CCCC(CC)C2)cn1. The van der Waals surface area contributed by atoms with Crippen LogP contribution in [-0.2, 0) is 0 Å². The van der Waals surface area contributed by atoms with E-state index in [0.717, 1.165) is 24.6 Å². The summed E-state index contributed by atoms with van der Waals surface area (Å²) >= 11 is 0. The van der Waals surface area contributed by atoms with Crippen molar-refractivity contribution in [1.82, 2.24) is 10.3 Å². The van der Waals surface area contributed by atoms with E-state index in [0.29, 0.717) is 6.04 Å². The van der Waals surface area contributed by atoms with Gasteiger partial charge in [-0.2, -0.15) is 0 Å². The molecule has 20 heavy (non-hydrogen) atoms. The van der Waals surface area contributed by atoms with Crippen molar-refractivity contribution in [3.63, 3.8) is 0 Å². The topological polar surface area (TPSA) is 28.2 Å². The molecule has 3 heteroatoms. The third-order valence-electron chi connectivity index (χ3n) is 4.38. The van der Waals surface area contributed by atoms with Crippen molar-refractivity contribution in [3.8, 4) is 0 Å². The Hall–Kier alpha value is -1.09. The second kappa shape index (κ2) is 7.63. The maximum Gasteiger partial charge on any atom is 0.0572 e. The van der Waals surface area contributed by atoms with Gasteiger partial charge in [-0.05, 0) is 50.8 Å². The van der Waals surface area contributed by atoms with Gasteiger partial charge < -0.3 is 10.2 Å². The van der Waals surface area contributed by atoms with E-state index in [4.69, 9.17) is 0 Å². The summed E-state index contributed by atoms with van der Waals surface area (Å²) in [6.07, 6.45) is 7.21. The number of hydrogen-bond acceptors (Lipinski definition) is 3. The van der Waals surface area contributed by atoms with Crippen LogP contribution in [0.5, 0.6) is 0 Å². The van der Waals surface area contributed by atoms with E-state index in [1.807, 2.05) is 0 Å². The summed E-state index contributed by atoms with van der Waals surface area (Å²) < 4.78 is 0. The molecule has 1 aliphatic heterocycles. The van der Waals surface area contributed by atoms with Crippen molar-refractivity contribution in [2.45, 2.75) is 52.5 Å². The van der Waals surface area contributed by atoms with Gasteiger partial charge >= 0.3 is 0 Å². The van der Waals surface area contributed by atoms with Crippen LogP contribution >= 0.6 is 0 Å². The van der Waals surface area contributed by atoms with Gasteiger partial charge in [0.25, 0.3) is 0 Å². The van der Waals surface area contributed by atoms with Crippen molar-refractivity contribution in [1.29, 1.82) is 0 Å². The minimum Gasteiger partial charge on any atom is -0.370 e. The Morgan fingerprint density at radius 1 is 1.40 bits per heavy atom. The number of aromatic nitrogens is 1. The molecule has 0 bridgehead atoms. The molecule has 2 rings (SSSR count). The first-order chi connectivity index (χ1) is 9.74. The van der Waals surface area contributed by atoms with Crippen molar-refractivity contribution < 1.29 is 0 Å². The first-order valence-electron chi connectivity index (χ1n) is 8.18. The molecule has 112 valence electrons. The smallest absolute Gasteiger partial charge is 0.0572 e. The molecule has 3 nitrogen and oxygen atoms in total. The van der Waals surface area contributed by atoms with E-state index in [1.54, 1.807) is 0 Å². The van der Waals surface area contributed by atoms with Gasteiger partial charge in [-0.25, -0.2) is 0 Å². The fourth-order valence-corrected chi connectivity index (χ4v) is 2.94. The van der Waals surface area contributed by atoms with Gasteiger partial charge in [0.15, 0.2) is 0 Å². The Labute approximate surface area is 123 Å². The van der Waals surface area contributed by atoms with Gasteiger partial charge in [-0.1, -0.05) is 20.3 Å². The van der Waals surface area contributed by atoms with Crippen LogP contribution in [0.2, 0.25) is 0 Å². The Balaban J connectivity index is 1.97. The molecule has 0 saturated carbocycles. The van der Waals surface area contributed by atoms with Crippen LogP contribution in [0.1, 0.15) is 58.2 Å². The van der Waals surface area contributed by atoms with Gasteiger partial charge in [-0.3, -0.25) is 4.98 Å². The average Bonchev–Trinajstić information content (AvgIpc) is 2.52. The van der Waals surface area contributed by atoms with Gasteiger partial charge in [-0.15, -0.1) is 0 Å². The Bertz CT molecular complexity index is 388. The van der Waals surface area contributed by atoms with E-state index in [9.17, 15) is 0 Å². The average molecular weight is 275 g/mol. The van der Waals surface area contributed by atoms with Gasteiger partial charge in [0.05, 0.1) is 17.6 Å². The Kier molecular flexibility index (Phi) is 5.84. The van der Waals surface area contributed by atoms with Crippen molar-refractivity contribution >= 4 is 5.69 Å². The molecular formula is C17H29N3. The molecule has 1 saturated heterocycles. The largest absolute Gasteiger partial charge is 0.370 e. The Morgan fingerprint density at radius 3 is 2.90 bits per heavy atom. The molecule has 2 unspecified atom stereocenters. The van der Waals surface area contributed by atoms with Gasteiger partial charge in [0, 0.05) is 19.1 Å². The molecule has 1 aromatic rings.